The average molecular weight is 419 g/mol. The van der Waals surface area contributed by atoms with E-state index in [9.17, 15) is 22.8 Å². The Balaban J connectivity index is 2.15. The zero-order chi connectivity index (χ0) is 20.1. The maximum Gasteiger partial charge on any atom is 0.254 e. The number of hydrogen-bond donors (Lipinski definition) is 1. The fourth-order valence-corrected chi connectivity index (χ4v) is 2.62. The molecule has 0 saturated heterocycles. The quantitative estimate of drug-likeness (QED) is 0.678. The van der Waals surface area contributed by atoms with Crippen LogP contribution in [-0.4, -0.2) is 29.8 Å². The molecule has 0 atom stereocenters. The normalized spacial score (nSPS) is 10.6. The minimum Gasteiger partial charge on any atom is -0.329 e. The zero-order valence-electron chi connectivity index (χ0n) is 14.2. The first-order valence-corrected chi connectivity index (χ1v) is 8.67. The Hall–Kier alpha value is -2.25. The molecule has 0 fully saturated rings. The molecule has 2 rings (SSSR count). The van der Waals surface area contributed by atoms with Gasteiger partial charge in [0.2, 0.25) is 5.91 Å². The van der Waals surface area contributed by atoms with Crippen LogP contribution in [0.25, 0.3) is 0 Å². The molecule has 0 radical (unpaired) electrons. The largest absolute Gasteiger partial charge is 0.329 e. The van der Waals surface area contributed by atoms with Gasteiger partial charge in [-0.3, -0.25) is 9.59 Å². The average Bonchev–Trinajstić information content (AvgIpc) is 2.63. The summed E-state index contributed by atoms with van der Waals surface area (Å²) < 4.78 is 39.9. The molecule has 9 heteroatoms. The predicted octanol–water partition coefficient (Wildman–Crippen LogP) is 4.90. The van der Waals surface area contributed by atoms with Crippen LogP contribution in [0.1, 0.15) is 23.7 Å². The molecule has 0 aliphatic heterocycles. The lowest BCUT2D eigenvalue weighted by molar-refractivity contribution is -0.116. The lowest BCUT2D eigenvalue weighted by atomic mass is 10.2. The van der Waals surface area contributed by atoms with E-state index in [0.717, 1.165) is 6.07 Å². The van der Waals surface area contributed by atoms with Gasteiger partial charge in [0.05, 0.1) is 15.7 Å². The number of anilines is 1. The SMILES string of the molecule is CCCN(CC(=O)Nc1ccc(F)c(F)c1F)C(=O)c1ccc(Cl)c(Cl)c1. The van der Waals surface area contributed by atoms with Gasteiger partial charge >= 0.3 is 0 Å². The second-order valence-corrected chi connectivity index (χ2v) is 6.44. The minimum atomic E-state index is -1.69. The van der Waals surface area contributed by atoms with Crippen LogP contribution in [0.5, 0.6) is 0 Å². The highest BCUT2D eigenvalue weighted by Gasteiger charge is 2.21. The van der Waals surface area contributed by atoms with Crippen molar-refractivity contribution in [2.24, 2.45) is 0 Å². The molecule has 0 heterocycles. The molecule has 2 aromatic carbocycles. The van der Waals surface area contributed by atoms with Crippen molar-refractivity contribution in [1.29, 1.82) is 0 Å². The van der Waals surface area contributed by atoms with Crippen molar-refractivity contribution in [2.45, 2.75) is 13.3 Å². The second-order valence-electron chi connectivity index (χ2n) is 5.63. The van der Waals surface area contributed by atoms with Gasteiger partial charge in [-0.1, -0.05) is 30.1 Å². The summed E-state index contributed by atoms with van der Waals surface area (Å²) >= 11 is 11.7. The first kappa shape index (κ1) is 21.1. The van der Waals surface area contributed by atoms with Crippen LogP contribution in [-0.2, 0) is 4.79 Å². The van der Waals surface area contributed by atoms with Crippen molar-refractivity contribution >= 4 is 40.7 Å². The summed E-state index contributed by atoms with van der Waals surface area (Å²) in [6, 6.07) is 5.89. The Kier molecular flexibility index (Phi) is 7.10. The van der Waals surface area contributed by atoms with Crippen LogP contribution in [0.2, 0.25) is 10.0 Å². The molecule has 144 valence electrons. The summed E-state index contributed by atoms with van der Waals surface area (Å²) in [4.78, 5) is 26.0. The van der Waals surface area contributed by atoms with Gasteiger partial charge in [0.25, 0.3) is 5.91 Å². The predicted molar refractivity (Wildman–Crippen MR) is 97.6 cm³/mol. The van der Waals surface area contributed by atoms with Gasteiger partial charge in [-0.15, -0.1) is 0 Å². The Morgan fingerprint density at radius 3 is 2.37 bits per heavy atom. The molecular formula is C18H15Cl2F3N2O2. The van der Waals surface area contributed by atoms with Crippen molar-refractivity contribution in [3.05, 3.63) is 63.4 Å². The maximum atomic E-state index is 13.7. The maximum absolute atomic E-state index is 13.7. The van der Waals surface area contributed by atoms with Gasteiger partial charge in [0.15, 0.2) is 17.5 Å². The van der Waals surface area contributed by atoms with Crippen molar-refractivity contribution < 1.29 is 22.8 Å². The van der Waals surface area contributed by atoms with Gasteiger partial charge in [-0.25, -0.2) is 13.2 Å². The third-order valence-corrected chi connectivity index (χ3v) is 4.33. The lowest BCUT2D eigenvalue weighted by Crippen LogP contribution is -2.38. The minimum absolute atomic E-state index is 0.187. The van der Waals surface area contributed by atoms with E-state index < -0.39 is 41.5 Å². The van der Waals surface area contributed by atoms with Crippen LogP contribution in [0.4, 0.5) is 18.9 Å². The van der Waals surface area contributed by atoms with Gasteiger partial charge < -0.3 is 10.2 Å². The smallest absolute Gasteiger partial charge is 0.254 e. The van der Waals surface area contributed by atoms with Crippen molar-refractivity contribution in [3.8, 4) is 0 Å². The molecule has 0 unspecified atom stereocenters. The summed E-state index contributed by atoms with van der Waals surface area (Å²) in [5.41, 5.74) is -0.290. The third-order valence-electron chi connectivity index (χ3n) is 3.59. The molecule has 0 saturated carbocycles. The highest BCUT2D eigenvalue weighted by atomic mass is 35.5. The van der Waals surface area contributed by atoms with Crippen LogP contribution in [0.3, 0.4) is 0 Å². The molecule has 0 aliphatic carbocycles. The topological polar surface area (TPSA) is 49.4 Å². The summed E-state index contributed by atoms with van der Waals surface area (Å²) in [5.74, 6) is -5.81. The molecule has 0 spiro atoms. The zero-order valence-corrected chi connectivity index (χ0v) is 15.7. The first-order valence-electron chi connectivity index (χ1n) is 7.92. The van der Waals surface area contributed by atoms with E-state index in [2.05, 4.69) is 5.32 Å². The molecule has 0 bridgehead atoms. The number of rotatable bonds is 6. The monoisotopic (exact) mass is 418 g/mol. The van der Waals surface area contributed by atoms with Crippen LogP contribution < -0.4 is 5.32 Å². The number of carbonyl (C=O) groups is 2. The van der Waals surface area contributed by atoms with Gasteiger partial charge in [-0.2, -0.15) is 0 Å². The Morgan fingerprint density at radius 2 is 1.74 bits per heavy atom. The summed E-state index contributed by atoms with van der Waals surface area (Å²) in [6.45, 7) is 1.64. The van der Waals surface area contributed by atoms with E-state index in [1.165, 1.54) is 23.1 Å². The highest BCUT2D eigenvalue weighted by Crippen LogP contribution is 2.23. The van der Waals surface area contributed by atoms with E-state index in [0.29, 0.717) is 12.5 Å². The number of nitrogens with one attached hydrogen (secondary N) is 1. The van der Waals surface area contributed by atoms with Gasteiger partial charge in [-0.05, 0) is 36.8 Å². The number of benzene rings is 2. The molecular weight excluding hydrogens is 404 g/mol. The van der Waals surface area contributed by atoms with Gasteiger partial charge in [0.1, 0.15) is 6.54 Å². The van der Waals surface area contributed by atoms with Crippen molar-refractivity contribution in [1.82, 2.24) is 4.90 Å². The summed E-state index contributed by atoms with van der Waals surface area (Å²) in [6.07, 6.45) is 0.555. The number of carbonyl (C=O) groups excluding carboxylic acids is 2. The number of nitrogens with zero attached hydrogens (tertiary/aromatic N) is 1. The number of amides is 2. The first-order chi connectivity index (χ1) is 12.7. The number of hydrogen-bond acceptors (Lipinski definition) is 2. The van der Waals surface area contributed by atoms with Crippen LogP contribution >= 0.6 is 23.2 Å². The second kappa shape index (κ2) is 9.10. The van der Waals surface area contributed by atoms with Crippen LogP contribution in [0, 0.1) is 17.5 Å². The molecule has 1 N–H and O–H groups in total. The molecule has 27 heavy (non-hydrogen) atoms. The Bertz CT molecular complexity index is 878. The Morgan fingerprint density at radius 1 is 1.04 bits per heavy atom. The van der Waals surface area contributed by atoms with Crippen molar-refractivity contribution in [3.63, 3.8) is 0 Å². The molecule has 0 aromatic heterocycles. The van der Waals surface area contributed by atoms with E-state index in [4.69, 9.17) is 23.2 Å². The summed E-state index contributed by atoms with van der Waals surface area (Å²) in [7, 11) is 0. The number of halogens is 5. The highest BCUT2D eigenvalue weighted by molar-refractivity contribution is 6.42. The van der Waals surface area contributed by atoms with Crippen molar-refractivity contribution in [2.75, 3.05) is 18.4 Å². The van der Waals surface area contributed by atoms with E-state index in [1.54, 1.807) is 0 Å². The van der Waals surface area contributed by atoms with Crippen LogP contribution in [0.15, 0.2) is 30.3 Å². The lowest BCUT2D eigenvalue weighted by Gasteiger charge is -2.22. The fraction of sp³-hybridized carbons (Fsp3) is 0.222. The van der Waals surface area contributed by atoms with E-state index >= 15 is 0 Å². The third kappa shape index (κ3) is 5.14. The molecule has 2 amide bonds. The molecule has 2 aromatic rings. The van der Waals surface area contributed by atoms with Gasteiger partial charge in [0, 0.05) is 12.1 Å². The van der Waals surface area contributed by atoms with E-state index in [1.807, 2.05) is 6.92 Å². The Labute approximate surface area is 163 Å². The summed E-state index contributed by atoms with van der Waals surface area (Å²) in [5, 5.41) is 2.60. The van der Waals surface area contributed by atoms with E-state index in [-0.39, 0.29) is 22.2 Å². The molecule has 0 aliphatic rings. The standard InChI is InChI=1S/C18H15Cl2F3N2O2/c1-2-7-25(18(27)10-3-4-11(19)12(20)8-10)9-15(26)24-14-6-5-13(21)16(22)17(14)23/h3-6,8H,2,7,9H2,1H3,(H,24,26). The molecule has 4 nitrogen and oxygen atoms in total. The fourth-order valence-electron chi connectivity index (χ4n) is 2.32.